The zero-order valence-corrected chi connectivity index (χ0v) is 11.9. The molecular weight excluding hydrogens is 228 g/mol. The summed E-state index contributed by atoms with van der Waals surface area (Å²) in [7, 11) is 0. The summed E-state index contributed by atoms with van der Waals surface area (Å²) >= 11 is 1.94. The average Bonchev–Trinajstić information content (AvgIpc) is 2.57. The van der Waals surface area contributed by atoms with E-state index in [1.165, 1.54) is 54.1 Å². The summed E-state index contributed by atoms with van der Waals surface area (Å²) in [6.45, 7) is 6.34. The highest BCUT2D eigenvalue weighted by atomic mass is 32.1. The fourth-order valence-corrected chi connectivity index (χ4v) is 3.76. The van der Waals surface area contributed by atoms with Gasteiger partial charge in [0.05, 0.1) is 10.7 Å². The lowest BCUT2D eigenvalue weighted by molar-refractivity contribution is 0.588. The van der Waals surface area contributed by atoms with Crippen molar-refractivity contribution in [3.63, 3.8) is 0 Å². The molecule has 2 nitrogen and oxygen atoms in total. The summed E-state index contributed by atoms with van der Waals surface area (Å²) in [5, 5.41) is 4.80. The molecule has 1 saturated carbocycles. The van der Waals surface area contributed by atoms with E-state index in [-0.39, 0.29) is 0 Å². The molecule has 0 aromatic carbocycles. The zero-order valence-electron chi connectivity index (χ0n) is 11.1. The molecule has 1 aliphatic carbocycles. The molecule has 0 atom stereocenters. The number of hydrogen-bond donors (Lipinski definition) is 1. The minimum absolute atomic E-state index is 0.747. The lowest BCUT2D eigenvalue weighted by Gasteiger charge is -2.09. The number of rotatable bonds is 4. The molecule has 0 radical (unpaired) electrons. The summed E-state index contributed by atoms with van der Waals surface area (Å²) in [5.41, 5.74) is 1.25. The predicted octanol–water partition coefficient (Wildman–Crippen LogP) is 4.00. The van der Waals surface area contributed by atoms with Gasteiger partial charge in [-0.25, -0.2) is 4.98 Å². The smallest absolute Gasteiger partial charge is 0.0962 e. The first kappa shape index (κ1) is 13.0. The van der Waals surface area contributed by atoms with Gasteiger partial charge in [0.25, 0.3) is 0 Å². The van der Waals surface area contributed by atoms with E-state index in [4.69, 9.17) is 4.98 Å². The van der Waals surface area contributed by atoms with Gasteiger partial charge in [0.2, 0.25) is 0 Å². The lowest BCUT2D eigenvalue weighted by atomic mass is 10.0. The number of nitrogens with one attached hydrogen (secondary N) is 1. The van der Waals surface area contributed by atoms with Crippen molar-refractivity contribution >= 4 is 11.3 Å². The third-order valence-corrected chi connectivity index (χ3v) is 4.97. The van der Waals surface area contributed by atoms with Gasteiger partial charge in [-0.1, -0.05) is 32.6 Å². The summed E-state index contributed by atoms with van der Waals surface area (Å²) in [6, 6.07) is 0. The second-order valence-corrected chi connectivity index (χ2v) is 6.14. The van der Waals surface area contributed by atoms with E-state index in [0.29, 0.717) is 0 Å². The maximum atomic E-state index is 4.81. The molecule has 1 aliphatic rings. The summed E-state index contributed by atoms with van der Waals surface area (Å²) in [4.78, 5) is 6.24. The Bertz CT molecular complexity index is 338. The summed E-state index contributed by atoms with van der Waals surface area (Å²) < 4.78 is 0. The van der Waals surface area contributed by atoms with Crippen molar-refractivity contribution in [1.29, 1.82) is 0 Å². The highest BCUT2D eigenvalue weighted by molar-refractivity contribution is 7.11. The second-order valence-electron chi connectivity index (χ2n) is 5.03. The largest absolute Gasteiger partial charge is 0.312 e. The van der Waals surface area contributed by atoms with Crippen LogP contribution in [-0.2, 0) is 6.54 Å². The van der Waals surface area contributed by atoms with Crippen molar-refractivity contribution in [3.8, 4) is 0 Å². The van der Waals surface area contributed by atoms with E-state index in [2.05, 4.69) is 19.2 Å². The number of hydrogen-bond acceptors (Lipinski definition) is 3. The molecule has 0 unspecified atom stereocenters. The first-order valence-corrected chi connectivity index (χ1v) is 7.79. The molecule has 1 aromatic rings. The van der Waals surface area contributed by atoms with Gasteiger partial charge < -0.3 is 5.32 Å². The fraction of sp³-hybridized carbons (Fsp3) is 0.786. The SMILES string of the molecule is CCNCc1sc(C2CCCCCC2)nc1C. The topological polar surface area (TPSA) is 24.9 Å². The maximum Gasteiger partial charge on any atom is 0.0962 e. The quantitative estimate of drug-likeness (QED) is 0.819. The standard InChI is InChI=1S/C14H24N2S/c1-3-15-10-13-11(2)16-14(17-13)12-8-6-4-5-7-9-12/h12,15H,3-10H2,1-2H3. The van der Waals surface area contributed by atoms with E-state index >= 15 is 0 Å². The second kappa shape index (κ2) is 6.50. The zero-order chi connectivity index (χ0) is 12.1. The first-order valence-electron chi connectivity index (χ1n) is 6.98. The Kier molecular flexibility index (Phi) is 4.99. The van der Waals surface area contributed by atoms with Crippen LogP contribution in [0, 0.1) is 6.92 Å². The summed E-state index contributed by atoms with van der Waals surface area (Å²) in [6.07, 6.45) is 8.34. The Morgan fingerprint density at radius 1 is 1.24 bits per heavy atom. The molecule has 1 aromatic heterocycles. The molecule has 0 spiro atoms. The van der Waals surface area contributed by atoms with Crippen LogP contribution in [0.4, 0.5) is 0 Å². The molecule has 0 amide bonds. The molecule has 17 heavy (non-hydrogen) atoms. The Labute approximate surface area is 109 Å². The van der Waals surface area contributed by atoms with Crippen LogP contribution in [-0.4, -0.2) is 11.5 Å². The van der Waals surface area contributed by atoms with E-state index in [1.807, 2.05) is 11.3 Å². The van der Waals surface area contributed by atoms with Gasteiger partial charge in [0.15, 0.2) is 0 Å². The molecule has 2 rings (SSSR count). The number of thiazole rings is 1. The van der Waals surface area contributed by atoms with Crippen molar-refractivity contribution in [2.75, 3.05) is 6.54 Å². The van der Waals surface area contributed by atoms with E-state index in [1.54, 1.807) is 0 Å². The molecular formula is C14H24N2S. The Morgan fingerprint density at radius 2 is 1.94 bits per heavy atom. The number of nitrogens with zero attached hydrogens (tertiary/aromatic N) is 1. The molecule has 1 heterocycles. The minimum Gasteiger partial charge on any atom is -0.312 e. The van der Waals surface area contributed by atoms with E-state index in [9.17, 15) is 0 Å². The van der Waals surface area contributed by atoms with Gasteiger partial charge in [-0.3, -0.25) is 0 Å². The molecule has 3 heteroatoms. The van der Waals surface area contributed by atoms with Crippen molar-refractivity contribution in [1.82, 2.24) is 10.3 Å². The van der Waals surface area contributed by atoms with Crippen LogP contribution < -0.4 is 5.32 Å². The Balaban J connectivity index is 2.04. The Hall–Kier alpha value is -0.410. The van der Waals surface area contributed by atoms with Crippen LogP contribution in [0.5, 0.6) is 0 Å². The van der Waals surface area contributed by atoms with Gasteiger partial charge in [-0.05, 0) is 26.3 Å². The van der Waals surface area contributed by atoms with Crippen molar-refractivity contribution in [2.24, 2.45) is 0 Å². The van der Waals surface area contributed by atoms with Gasteiger partial charge in [-0.15, -0.1) is 11.3 Å². The minimum atomic E-state index is 0.747. The lowest BCUT2D eigenvalue weighted by Crippen LogP contribution is -2.11. The normalized spacial score (nSPS) is 18.2. The van der Waals surface area contributed by atoms with Gasteiger partial charge in [0, 0.05) is 17.3 Å². The molecule has 96 valence electrons. The molecule has 0 aliphatic heterocycles. The van der Waals surface area contributed by atoms with Crippen LogP contribution >= 0.6 is 11.3 Å². The van der Waals surface area contributed by atoms with Crippen LogP contribution in [0.2, 0.25) is 0 Å². The van der Waals surface area contributed by atoms with Crippen LogP contribution in [0.15, 0.2) is 0 Å². The summed E-state index contributed by atoms with van der Waals surface area (Å²) in [5.74, 6) is 0.747. The van der Waals surface area contributed by atoms with E-state index in [0.717, 1.165) is 19.0 Å². The van der Waals surface area contributed by atoms with Gasteiger partial charge in [-0.2, -0.15) is 0 Å². The third-order valence-electron chi connectivity index (χ3n) is 3.65. The van der Waals surface area contributed by atoms with E-state index < -0.39 is 0 Å². The third kappa shape index (κ3) is 3.52. The van der Waals surface area contributed by atoms with Crippen molar-refractivity contribution < 1.29 is 0 Å². The van der Waals surface area contributed by atoms with Crippen LogP contribution in [0.1, 0.15) is 66.9 Å². The average molecular weight is 252 g/mol. The number of aryl methyl sites for hydroxylation is 1. The van der Waals surface area contributed by atoms with Gasteiger partial charge in [0.1, 0.15) is 0 Å². The van der Waals surface area contributed by atoms with Crippen molar-refractivity contribution in [2.45, 2.75) is 64.8 Å². The fourth-order valence-electron chi connectivity index (χ4n) is 2.55. The molecule has 0 saturated heterocycles. The Morgan fingerprint density at radius 3 is 2.59 bits per heavy atom. The van der Waals surface area contributed by atoms with Crippen LogP contribution in [0.25, 0.3) is 0 Å². The van der Waals surface area contributed by atoms with Gasteiger partial charge >= 0.3 is 0 Å². The number of aromatic nitrogens is 1. The molecule has 1 N–H and O–H groups in total. The predicted molar refractivity (Wildman–Crippen MR) is 74.7 cm³/mol. The van der Waals surface area contributed by atoms with Crippen LogP contribution in [0.3, 0.4) is 0 Å². The highest BCUT2D eigenvalue weighted by Gasteiger charge is 2.19. The molecule has 0 bridgehead atoms. The highest BCUT2D eigenvalue weighted by Crippen LogP contribution is 2.34. The molecule has 1 fully saturated rings. The first-order chi connectivity index (χ1) is 8.31. The maximum absolute atomic E-state index is 4.81. The monoisotopic (exact) mass is 252 g/mol. The van der Waals surface area contributed by atoms with Crippen molar-refractivity contribution in [3.05, 3.63) is 15.6 Å².